The highest BCUT2D eigenvalue weighted by atomic mass is 16.5. The standard InChI is InChI=1S/C18H26N6O/c1-3-8-25-13-17-18-16(24(21-20-18)12-14-4-5-14)6-7-23(17)11-15-9-19-22(2)10-15/h3,9-10,14,17H,1,4-8,11-13H2,2H3. The first-order chi connectivity index (χ1) is 12.2. The van der Waals surface area contributed by atoms with Crippen LogP contribution < -0.4 is 0 Å². The van der Waals surface area contributed by atoms with E-state index in [2.05, 4.69) is 37.8 Å². The van der Waals surface area contributed by atoms with Crippen LogP contribution in [0, 0.1) is 5.92 Å². The monoisotopic (exact) mass is 342 g/mol. The van der Waals surface area contributed by atoms with Gasteiger partial charge >= 0.3 is 0 Å². The van der Waals surface area contributed by atoms with E-state index in [1.54, 1.807) is 6.08 Å². The van der Waals surface area contributed by atoms with Gasteiger partial charge in [-0.2, -0.15) is 5.10 Å². The van der Waals surface area contributed by atoms with Crippen LogP contribution in [-0.2, 0) is 31.3 Å². The fourth-order valence-electron chi connectivity index (χ4n) is 3.56. The minimum Gasteiger partial charge on any atom is -0.375 e. The summed E-state index contributed by atoms with van der Waals surface area (Å²) in [5.41, 5.74) is 3.59. The van der Waals surface area contributed by atoms with Gasteiger partial charge in [0, 0.05) is 44.9 Å². The predicted molar refractivity (Wildman–Crippen MR) is 93.8 cm³/mol. The van der Waals surface area contributed by atoms with E-state index in [9.17, 15) is 0 Å². The first-order valence-electron chi connectivity index (χ1n) is 9.07. The molecule has 1 fully saturated rings. The number of hydrogen-bond donors (Lipinski definition) is 0. The highest BCUT2D eigenvalue weighted by molar-refractivity contribution is 5.20. The van der Waals surface area contributed by atoms with E-state index in [-0.39, 0.29) is 6.04 Å². The van der Waals surface area contributed by atoms with E-state index in [1.165, 1.54) is 24.1 Å². The molecule has 1 aliphatic heterocycles. The Bertz CT molecular complexity index is 732. The summed E-state index contributed by atoms with van der Waals surface area (Å²) in [5.74, 6) is 0.801. The Kier molecular flexibility index (Phi) is 4.67. The molecule has 0 saturated heterocycles. The zero-order valence-corrected chi connectivity index (χ0v) is 14.8. The zero-order chi connectivity index (χ0) is 17.2. The van der Waals surface area contributed by atoms with E-state index >= 15 is 0 Å². The average molecular weight is 342 g/mol. The maximum atomic E-state index is 5.80. The lowest BCUT2D eigenvalue weighted by molar-refractivity contribution is 0.0598. The minimum absolute atomic E-state index is 0.136. The highest BCUT2D eigenvalue weighted by Gasteiger charge is 2.33. The topological polar surface area (TPSA) is 61.0 Å². The minimum atomic E-state index is 0.136. The first-order valence-corrected chi connectivity index (χ1v) is 9.07. The SMILES string of the molecule is C=CCOCC1c2nnn(CC3CC3)c2CCN1Cc1cnn(C)c1. The number of ether oxygens (including phenoxy) is 1. The van der Waals surface area contributed by atoms with Gasteiger partial charge in [-0.05, 0) is 18.8 Å². The maximum Gasteiger partial charge on any atom is 0.105 e. The average Bonchev–Trinajstić information content (AvgIpc) is 3.19. The van der Waals surface area contributed by atoms with Gasteiger partial charge in [-0.1, -0.05) is 11.3 Å². The molecule has 7 nitrogen and oxygen atoms in total. The van der Waals surface area contributed by atoms with Crippen molar-refractivity contribution in [3.8, 4) is 0 Å². The van der Waals surface area contributed by atoms with Gasteiger partial charge in [0.05, 0.1) is 31.1 Å². The predicted octanol–water partition coefficient (Wildman–Crippen LogP) is 1.72. The normalized spacial score (nSPS) is 20.6. The van der Waals surface area contributed by atoms with E-state index in [4.69, 9.17) is 4.74 Å². The fraction of sp³-hybridized carbons (Fsp3) is 0.611. The Hall–Kier alpha value is -1.99. The van der Waals surface area contributed by atoms with Crippen molar-refractivity contribution in [2.45, 2.75) is 38.4 Å². The third kappa shape index (κ3) is 3.67. The van der Waals surface area contributed by atoms with Crippen LogP contribution >= 0.6 is 0 Å². The van der Waals surface area contributed by atoms with Gasteiger partial charge in [-0.15, -0.1) is 11.7 Å². The van der Waals surface area contributed by atoms with Crippen molar-refractivity contribution in [2.75, 3.05) is 19.8 Å². The molecule has 0 N–H and O–H groups in total. The second-order valence-electron chi connectivity index (χ2n) is 7.13. The molecule has 1 aliphatic carbocycles. The van der Waals surface area contributed by atoms with E-state index in [0.717, 1.165) is 37.7 Å². The molecule has 1 saturated carbocycles. The van der Waals surface area contributed by atoms with Gasteiger partial charge in [-0.25, -0.2) is 4.68 Å². The van der Waals surface area contributed by atoms with Crippen molar-refractivity contribution in [3.05, 3.63) is 42.0 Å². The molecule has 0 amide bonds. The molecule has 0 bridgehead atoms. The van der Waals surface area contributed by atoms with E-state index in [0.29, 0.717) is 13.2 Å². The number of nitrogens with zero attached hydrogens (tertiary/aromatic N) is 6. The number of hydrogen-bond acceptors (Lipinski definition) is 5. The fourth-order valence-corrected chi connectivity index (χ4v) is 3.56. The molecule has 2 aliphatic rings. The largest absolute Gasteiger partial charge is 0.375 e. The molecule has 7 heteroatoms. The van der Waals surface area contributed by atoms with Crippen molar-refractivity contribution in [1.29, 1.82) is 0 Å². The van der Waals surface area contributed by atoms with Gasteiger partial charge in [0.2, 0.25) is 0 Å². The van der Waals surface area contributed by atoms with Gasteiger partial charge in [0.1, 0.15) is 5.69 Å². The lowest BCUT2D eigenvalue weighted by Gasteiger charge is -2.34. The molecule has 134 valence electrons. The van der Waals surface area contributed by atoms with Crippen LogP contribution in [0.4, 0.5) is 0 Å². The first kappa shape index (κ1) is 16.5. The summed E-state index contributed by atoms with van der Waals surface area (Å²) in [7, 11) is 1.95. The Morgan fingerprint density at radius 2 is 2.28 bits per heavy atom. The number of aryl methyl sites for hydroxylation is 1. The van der Waals surface area contributed by atoms with Crippen LogP contribution in [0.1, 0.15) is 35.8 Å². The second kappa shape index (κ2) is 7.09. The third-order valence-electron chi connectivity index (χ3n) is 5.04. The van der Waals surface area contributed by atoms with E-state index in [1.807, 2.05) is 17.9 Å². The Labute approximate surface area is 148 Å². The molecular weight excluding hydrogens is 316 g/mol. The summed E-state index contributed by atoms with van der Waals surface area (Å²) >= 11 is 0. The Morgan fingerprint density at radius 1 is 1.40 bits per heavy atom. The summed E-state index contributed by atoms with van der Waals surface area (Å²) in [4.78, 5) is 2.43. The molecule has 0 aromatic carbocycles. The second-order valence-corrected chi connectivity index (χ2v) is 7.13. The van der Waals surface area contributed by atoms with Crippen LogP contribution in [0.3, 0.4) is 0 Å². The van der Waals surface area contributed by atoms with Crippen LogP contribution in [0.2, 0.25) is 0 Å². The van der Waals surface area contributed by atoms with Crippen molar-refractivity contribution < 1.29 is 4.74 Å². The summed E-state index contributed by atoms with van der Waals surface area (Å²) < 4.78 is 9.78. The van der Waals surface area contributed by atoms with Crippen molar-refractivity contribution in [2.24, 2.45) is 13.0 Å². The molecule has 4 rings (SSSR count). The van der Waals surface area contributed by atoms with Crippen LogP contribution in [0.15, 0.2) is 25.0 Å². The molecule has 1 unspecified atom stereocenters. The molecular formula is C18H26N6O. The smallest absolute Gasteiger partial charge is 0.105 e. The maximum absolute atomic E-state index is 5.80. The molecule has 0 spiro atoms. The third-order valence-corrected chi connectivity index (χ3v) is 5.04. The summed E-state index contributed by atoms with van der Waals surface area (Å²) in [6.45, 7) is 7.77. The molecule has 2 aromatic heterocycles. The number of rotatable bonds is 8. The van der Waals surface area contributed by atoms with E-state index < -0.39 is 0 Å². The number of aromatic nitrogens is 5. The molecule has 0 radical (unpaired) electrons. The summed E-state index contributed by atoms with van der Waals surface area (Å²) in [5, 5.41) is 13.3. The summed E-state index contributed by atoms with van der Waals surface area (Å²) in [6, 6.07) is 0.136. The van der Waals surface area contributed by atoms with Crippen LogP contribution in [0.5, 0.6) is 0 Å². The van der Waals surface area contributed by atoms with Crippen molar-refractivity contribution in [1.82, 2.24) is 29.7 Å². The quantitative estimate of drug-likeness (QED) is 0.540. The highest BCUT2D eigenvalue weighted by Crippen LogP contribution is 2.34. The lowest BCUT2D eigenvalue weighted by atomic mass is 10.0. The van der Waals surface area contributed by atoms with Crippen LogP contribution in [0.25, 0.3) is 0 Å². The lowest BCUT2D eigenvalue weighted by Crippen LogP contribution is -2.38. The van der Waals surface area contributed by atoms with Crippen LogP contribution in [-0.4, -0.2) is 49.4 Å². The molecule has 25 heavy (non-hydrogen) atoms. The van der Waals surface area contributed by atoms with Crippen molar-refractivity contribution in [3.63, 3.8) is 0 Å². The molecule has 3 heterocycles. The van der Waals surface area contributed by atoms with Crippen molar-refractivity contribution >= 4 is 0 Å². The van der Waals surface area contributed by atoms with Gasteiger partial charge in [-0.3, -0.25) is 9.58 Å². The van der Waals surface area contributed by atoms with Gasteiger partial charge < -0.3 is 4.74 Å². The van der Waals surface area contributed by atoms with Gasteiger partial charge in [0.15, 0.2) is 0 Å². The zero-order valence-electron chi connectivity index (χ0n) is 14.8. The molecule has 1 atom stereocenters. The molecule has 2 aromatic rings. The Balaban J connectivity index is 1.54. The number of fused-ring (bicyclic) bond motifs is 1. The Morgan fingerprint density at radius 3 is 3.00 bits per heavy atom. The summed E-state index contributed by atoms with van der Waals surface area (Å²) in [6.07, 6.45) is 9.44. The van der Waals surface area contributed by atoms with Gasteiger partial charge in [0.25, 0.3) is 0 Å².